The second-order valence-corrected chi connectivity index (χ2v) is 6.00. The fourth-order valence-electron chi connectivity index (χ4n) is 3.31. The topological polar surface area (TPSA) is 44.5 Å². The van der Waals surface area contributed by atoms with E-state index < -0.39 is 0 Å². The zero-order valence-electron chi connectivity index (χ0n) is 11.3. The number of aryl methyl sites for hydroxylation is 1. The lowest BCUT2D eigenvalue weighted by Gasteiger charge is -2.37. The molecule has 0 spiro atoms. The minimum atomic E-state index is -0.310. The largest absolute Gasteiger partial charge is 0.486 e. The van der Waals surface area contributed by atoms with Gasteiger partial charge in [-0.1, -0.05) is 30.9 Å². The van der Waals surface area contributed by atoms with E-state index in [1.807, 2.05) is 6.07 Å². The fourth-order valence-corrected chi connectivity index (χ4v) is 3.80. The molecule has 104 valence electrons. The maximum Gasteiger partial charge on any atom is 0.180 e. The van der Waals surface area contributed by atoms with Crippen molar-refractivity contribution in [1.29, 1.82) is 0 Å². The number of nitrogens with two attached hydrogens (primary N) is 1. The van der Waals surface area contributed by atoms with Crippen molar-refractivity contribution < 1.29 is 9.47 Å². The van der Waals surface area contributed by atoms with E-state index >= 15 is 0 Å². The smallest absolute Gasteiger partial charge is 0.180 e. The van der Waals surface area contributed by atoms with Crippen molar-refractivity contribution in [2.24, 2.45) is 5.73 Å². The predicted octanol–water partition coefficient (Wildman–Crippen LogP) is 3.54. The maximum atomic E-state index is 6.63. The van der Waals surface area contributed by atoms with Gasteiger partial charge in [0.2, 0.25) is 0 Å². The lowest BCUT2D eigenvalue weighted by molar-refractivity contribution is 0.170. The van der Waals surface area contributed by atoms with Gasteiger partial charge in [-0.25, -0.2) is 0 Å². The second-order valence-electron chi connectivity index (χ2n) is 5.62. The molecule has 2 N–H and O–H groups in total. The highest BCUT2D eigenvalue weighted by atomic mass is 35.5. The van der Waals surface area contributed by atoms with E-state index in [-0.39, 0.29) is 5.54 Å². The molecule has 2 aliphatic rings. The first-order valence-electron chi connectivity index (χ1n) is 7.00. The molecule has 1 heterocycles. The van der Waals surface area contributed by atoms with Gasteiger partial charge < -0.3 is 15.2 Å². The summed E-state index contributed by atoms with van der Waals surface area (Å²) in [6.07, 6.45) is 5.59. The summed E-state index contributed by atoms with van der Waals surface area (Å²) in [6.45, 7) is 3.19. The SMILES string of the molecule is Cc1cc2c(c(Cl)c1C1(N)CCCCC1)OCCO2. The summed E-state index contributed by atoms with van der Waals surface area (Å²) in [5, 5.41) is 0.652. The molecule has 19 heavy (non-hydrogen) atoms. The lowest BCUT2D eigenvalue weighted by Crippen LogP contribution is -2.39. The molecule has 0 amide bonds. The van der Waals surface area contributed by atoms with Crippen molar-refractivity contribution in [2.75, 3.05) is 13.2 Å². The van der Waals surface area contributed by atoms with Gasteiger partial charge in [0.1, 0.15) is 13.2 Å². The molecule has 1 aromatic rings. The summed E-state index contributed by atoms with van der Waals surface area (Å²) in [7, 11) is 0. The summed E-state index contributed by atoms with van der Waals surface area (Å²) in [5.74, 6) is 1.42. The molecule has 1 aliphatic carbocycles. The molecular formula is C15H20ClNO2. The highest BCUT2D eigenvalue weighted by Crippen LogP contribution is 2.47. The number of benzene rings is 1. The standard InChI is InChI=1S/C15H20ClNO2/c1-10-9-11-14(19-8-7-18-11)13(16)12(10)15(17)5-3-2-4-6-15/h9H,2-8,17H2,1H3. The molecule has 1 aliphatic heterocycles. The maximum absolute atomic E-state index is 6.63. The Morgan fingerprint density at radius 1 is 1.16 bits per heavy atom. The summed E-state index contributed by atoms with van der Waals surface area (Å²) < 4.78 is 11.3. The molecule has 0 atom stereocenters. The molecule has 1 aromatic carbocycles. The van der Waals surface area contributed by atoms with Crippen LogP contribution >= 0.6 is 11.6 Å². The Kier molecular flexibility index (Phi) is 3.35. The van der Waals surface area contributed by atoms with Crippen LogP contribution in [0.15, 0.2) is 6.07 Å². The van der Waals surface area contributed by atoms with Crippen LogP contribution in [0.3, 0.4) is 0 Å². The molecule has 0 radical (unpaired) electrons. The average molecular weight is 282 g/mol. The molecule has 1 saturated carbocycles. The van der Waals surface area contributed by atoms with Gasteiger partial charge in [-0.3, -0.25) is 0 Å². The Morgan fingerprint density at radius 3 is 2.58 bits per heavy atom. The molecule has 3 nitrogen and oxygen atoms in total. The first-order valence-corrected chi connectivity index (χ1v) is 7.38. The van der Waals surface area contributed by atoms with Gasteiger partial charge in [0.05, 0.1) is 5.02 Å². The Labute approximate surface area is 119 Å². The van der Waals surface area contributed by atoms with Crippen LogP contribution in [0.25, 0.3) is 0 Å². The molecule has 1 fully saturated rings. The quantitative estimate of drug-likeness (QED) is 0.856. The zero-order valence-corrected chi connectivity index (χ0v) is 12.1. The van der Waals surface area contributed by atoms with Gasteiger partial charge >= 0.3 is 0 Å². The number of fused-ring (bicyclic) bond motifs is 1. The summed E-state index contributed by atoms with van der Waals surface area (Å²) in [4.78, 5) is 0. The van der Waals surface area contributed by atoms with E-state index in [9.17, 15) is 0 Å². The molecule has 0 saturated heterocycles. The fraction of sp³-hybridized carbons (Fsp3) is 0.600. The van der Waals surface area contributed by atoms with Crippen molar-refractivity contribution in [3.05, 3.63) is 22.2 Å². The van der Waals surface area contributed by atoms with Crippen molar-refractivity contribution >= 4 is 11.6 Å². The minimum Gasteiger partial charge on any atom is -0.486 e. The molecular weight excluding hydrogens is 262 g/mol. The number of ether oxygens (including phenoxy) is 2. The monoisotopic (exact) mass is 281 g/mol. The highest BCUT2D eigenvalue weighted by Gasteiger charge is 2.35. The van der Waals surface area contributed by atoms with E-state index in [0.29, 0.717) is 24.0 Å². The first-order chi connectivity index (χ1) is 9.12. The van der Waals surface area contributed by atoms with Gasteiger partial charge in [0, 0.05) is 5.54 Å². The van der Waals surface area contributed by atoms with Crippen LogP contribution in [-0.4, -0.2) is 13.2 Å². The van der Waals surface area contributed by atoms with Crippen LogP contribution in [0.1, 0.15) is 43.2 Å². The zero-order chi connectivity index (χ0) is 13.5. The Hall–Kier alpha value is -0.930. The van der Waals surface area contributed by atoms with Gasteiger partial charge in [0.25, 0.3) is 0 Å². The van der Waals surface area contributed by atoms with E-state index in [2.05, 4.69) is 6.92 Å². The third kappa shape index (κ3) is 2.19. The molecule has 4 heteroatoms. The molecule has 0 bridgehead atoms. The van der Waals surface area contributed by atoms with Crippen molar-refractivity contribution in [3.63, 3.8) is 0 Å². The van der Waals surface area contributed by atoms with Crippen molar-refractivity contribution in [2.45, 2.75) is 44.6 Å². The van der Waals surface area contributed by atoms with E-state index in [1.54, 1.807) is 0 Å². The number of rotatable bonds is 1. The number of hydrogen-bond donors (Lipinski definition) is 1. The highest BCUT2D eigenvalue weighted by molar-refractivity contribution is 6.33. The van der Waals surface area contributed by atoms with Crippen molar-refractivity contribution in [3.8, 4) is 11.5 Å². The summed E-state index contributed by atoms with van der Waals surface area (Å²) >= 11 is 6.57. The Balaban J connectivity index is 2.10. The first kappa shape index (κ1) is 13.1. The van der Waals surface area contributed by atoms with Crippen LogP contribution in [0.4, 0.5) is 0 Å². The molecule has 3 rings (SSSR count). The van der Waals surface area contributed by atoms with Crippen LogP contribution in [-0.2, 0) is 5.54 Å². The molecule has 0 aromatic heterocycles. The van der Waals surface area contributed by atoms with Crippen LogP contribution < -0.4 is 15.2 Å². The van der Waals surface area contributed by atoms with E-state index in [1.165, 1.54) is 19.3 Å². The number of hydrogen-bond acceptors (Lipinski definition) is 3. The Bertz CT molecular complexity index is 495. The third-order valence-electron chi connectivity index (χ3n) is 4.22. The van der Waals surface area contributed by atoms with Crippen LogP contribution in [0.5, 0.6) is 11.5 Å². The number of halogens is 1. The lowest BCUT2D eigenvalue weighted by atomic mass is 9.76. The second kappa shape index (κ2) is 4.88. The summed E-state index contributed by atoms with van der Waals surface area (Å²) in [6, 6.07) is 2.01. The van der Waals surface area contributed by atoms with Crippen LogP contribution in [0, 0.1) is 6.92 Å². The minimum absolute atomic E-state index is 0.310. The normalized spacial score (nSPS) is 21.2. The van der Waals surface area contributed by atoms with Gasteiger partial charge in [-0.05, 0) is 37.0 Å². The van der Waals surface area contributed by atoms with Crippen LogP contribution in [0.2, 0.25) is 5.02 Å². The Morgan fingerprint density at radius 2 is 1.84 bits per heavy atom. The summed E-state index contributed by atoms with van der Waals surface area (Å²) in [5.41, 5.74) is 8.49. The van der Waals surface area contributed by atoms with Gasteiger partial charge in [0.15, 0.2) is 11.5 Å². The van der Waals surface area contributed by atoms with E-state index in [4.69, 9.17) is 26.8 Å². The average Bonchev–Trinajstić information content (AvgIpc) is 2.39. The van der Waals surface area contributed by atoms with E-state index in [0.717, 1.165) is 29.7 Å². The van der Waals surface area contributed by atoms with Crippen molar-refractivity contribution in [1.82, 2.24) is 0 Å². The third-order valence-corrected chi connectivity index (χ3v) is 4.58. The predicted molar refractivity (Wildman–Crippen MR) is 76.1 cm³/mol. The van der Waals surface area contributed by atoms with Gasteiger partial charge in [-0.2, -0.15) is 0 Å². The van der Waals surface area contributed by atoms with Gasteiger partial charge in [-0.15, -0.1) is 0 Å². The molecule has 0 unspecified atom stereocenters.